The topological polar surface area (TPSA) is 35.5 Å². The number of esters is 1. The molecule has 1 aliphatic rings. The van der Waals surface area contributed by atoms with Gasteiger partial charge in [-0.05, 0) is 6.07 Å². The van der Waals surface area contributed by atoms with Crippen molar-refractivity contribution in [1.82, 2.24) is 4.48 Å². The van der Waals surface area contributed by atoms with Gasteiger partial charge in [-0.3, -0.25) is 0 Å². The molecular formula is C16H20NO3+. The highest BCUT2D eigenvalue weighted by atomic mass is 16.5. The Morgan fingerprint density at radius 1 is 1.10 bits per heavy atom. The number of quaternary nitrogens is 1. The van der Waals surface area contributed by atoms with Crippen LogP contribution in [0.15, 0.2) is 41.7 Å². The average molecular weight is 274 g/mol. The molecule has 0 bridgehead atoms. The van der Waals surface area contributed by atoms with E-state index in [0.29, 0.717) is 15.8 Å². The van der Waals surface area contributed by atoms with E-state index in [-0.39, 0.29) is 0 Å². The van der Waals surface area contributed by atoms with Gasteiger partial charge in [0.25, 0.3) is 0 Å². The van der Waals surface area contributed by atoms with Crippen molar-refractivity contribution in [1.29, 1.82) is 0 Å². The number of benzene rings is 1. The van der Waals surface area contributed by atoms with E-state index in [0.717, 1.165) is 5.69 Å². The highest BCUT2D eigenvalue weighted by Crippen LogP contribution is 2.38. The molecule has 1 aromatic rings. The zero-order valence-corrected chi connectivity index (χ0v) is 12.6. The third-order valence-electron chi connectivity index (χ3n) is 4.08. The molecule has 0 saturated carbocycles. The standard InChI is InChI=1S/C16H20NO3/c1-11-6-7-12(2)17(11,3)13-8-9-14(16(18)20-5)15(10-13)19-4/h6-10H,1-5H3/q+1. The number of hydrogen-bond donors (Lipinski definition) is 0. The normalized spacial score (nSPS) is 16.4. The summed E-state index contributed by atoms with van der Waals surface area (Å²) in [5.74, 6) is 0.137. The van der Waals surface area contributed by atoms with Crippen LogP contribution in [-0.2, 0) is 4.74 Å². The molecular weight excluding hydrogens is 254 g/mol. The first-order valence-corrected chi connectivity index (χ1v) is 6.45. The average Bonchev–Trinajstić information content (AvgIpc) is 2.74. The second-order valence-corrected chi connectivity index (χ2v) is 5.00. The van der Waals surface area contributed by atoms with Gasteiger partial charge in [0.1, 0.15) is 28.4 Å². The van der Waals surface area contributed by atoms with Crippen LogP contribution in [0.3, 0.4) is 0 Å². The van der Waals surface area contributed by atoms with Gasteiger partial charge in [-0.1, -0.05) is 0 Å². The first kappa shape index (κ1) is 14.3. The number of hydrogen-bond acceptors (Lipinski definition) is 3. The maximum atomic E-state index is 11.7. The van der Waals surface area contributed by atoms with Crippen LogP contribution in [0.1, 0.15) is 24.2 Å². The summed E-state index contributed by atoms with van der Waals surface area (Å²) in [7, 11) is 5.04. The Bertz CT molecular complexity index is 596. The van der Waals surface area contributed by atoms with Crippen molar-refractivity contribution >= 4 is 11.7 Å². The van der Waals surface area contributed by atoms with Crippen LogP contribution in [0.25, 0.3) is 0 Å². The van der Waals surface area contributed by atoms with Gasteiger partial charge in [-0.15, -0.1) is 0 Å². The minimum Gasteiger partial charge on any atom is -0.496 e. The van der Waals surface area contributed by atoms with Crippen molar-refractivity contribution < 1.29 is 14.3 Å². The minimum atomic E-state index is -0.392. The molecule has 0 radical (unpaired) electrons. The summed E-state index contributed by atoms with van der Waals surface area (Å²) in [6.07, 6.45) is 4.21. The zero-order chi connectivity index (χ0) is 14.9. The molecule has 0 saturated heterocycles. The van der Waals surface area contributed by atoms with E-state index in [1.165, 1.54) is 18.5 Å². The van der Waals surface area contributed by atoms with Crippen molar-refractivity contribution in [3.8, 4) is 5.75 Å². The van der Waals surface area contributed by atoms with Gasteiger partial charge in [0.15, 0.2) is 0 Å². The lowest BCUT2D eigenvalue weighted by Crippen LogP contribution is -2.38. The van der Waals surface area contributed by atoms with E-state index in [9.17, 15) is 4.79 Å². The molecule has 1 aliphatic heterocycles. The molecule has 0 amide bonds. The second kappa shape index (κ2) is 5.13. The molecule has 0 fully saturated rings. The minimum absolute atomic E-state index is 0.392. The van der Waals surface area contributed by atoms with Gasteiger partial charge in [-0.25, -0.2) is 9.28 Å². The van der Waals surface area contributed by atoms with Crippen LogP contribution in [0.5, 0.6) is 5.75 Å². The summed E-state index contributed by atoms with van der Waals surface area (Å²) < 4.78 is 10.7. The molecule has 1 heterocycles. The highest BCUT2D eigenvalue weighted by molar-refractivity contribution is 5.93. The highest BCUT2D eigenvalue weighted by Gasteiger charge is 2.34. The Hall–Kier alpha value is -2.07. The molecule has 0 aliphatic carbocycles. The monoisotopic (exact) mass is 274 g/mol. The molecule has 1 aromatic carbocycles. The van der Waals surface area contributed by atoms with Gasteiger partial charge < -0.3 is 9.47 Å². The van der Waals surface area contributed by atoms with Gasteiger partial charge >= 0.3 is 5.97 Å². The van der Waals surface area contributed by atoms with E-state index in [1.807, 2.05) is 12.1 Å². The van der Waals surface area contributed by atoms with Crippen molar-refractivity contribution in [3.05, 3.63) is 47.3 Å². The molecule has 4 nitrogen and oxygen atoms in total. The number of ether oxygens (including phenoxy) is 2. The van der Waals surface area contributed by atoms with E-state index >= 15 is 0 Å². The van der Waals surface area contributed by atoms with Gasteiger partial charge in [0.05, 0.1) is 21.3 Å². The lowest BCUT2D eigenvalue weighted by molar-refractivity contribution is 0.0597. The zero-order valence-electron chi connectivity index (χ0n) is 12.6. The maximum absolute atomic E-state index is 11.7. The first-order valence-electron chi connectivity index (χ1n) is 6.45. The fourth-order valence-electron chi connectivity index (χ4n) is 2.46. The van der Waals surface area contributed by atoms with Crippen molar-refractivity contribution in [2.75, 3.05) is 21.3 Å². The van der Waals surface area contributed by atoms with Crippen molar-refractivity contribution in [3.63, 3.8) is 0 Å². The summed E-state index contributed by atoms with van der Waals surface area (Å²) in [6.45, 7) is 4.18. The largest absolute Gasteiger partial charge is 0.496 e. The maximum Gasteiger partial charge on any atom is 0.341 e. The predicted octanol–water partition coefficient (Wildman–Crippen LogP) is 3.24. The van der Waals surface area contributed by atoms with Crippen LogP contribution < -0.4 is 9.22 Å². The Morgan fingerprint density at radius 2 is 1.70 bits per heavy atom. The molecule has 20 heavy (non-hydrogen) atoms. The van der Waals surface area contributed by atoms with Crippen LogP contribution in [0, 0.1) is 0 Å². The second-order valence-electron chi connectivity index (χ2n) is 5.00. The van der Waals surface area contributed by atoms with Crippen LogP contribution >= 0.6 is 0 Å². The molecule has 2 rings (SSSR count). The fraction of sp³-hybridized carbons (Fsp3) is 0.312. The van der Waals surface area contributed by atoms with Crippen molar-refractivity contribution in [2.45, 2.75) is 13.8 Å². The number of allylic oxidation sites excluding steroid dienone is 4. The molecule has 0 atom stereocenters. The third-order valence-corrected chi connectivity index (χ3v) is 4.08. The Labute approximate surface area is 119 Å². The number of rotatable bonds is 3. The molecule has 0 aromatic heterocycles. The van der Waals surface area contributed by atoms with E-state index in [2.05, 4.69) is 33.0 Å². The molecule has 106 valence electrons. The Balaban J connectivity index is 2.53. The Kier molecular flexibility index (Phi) is 3.68. The first-order chi connectivity index (χ1) is 9.44. The van der Waals surface area contributed by atoms with Gasteiger partial charge in [-0.2, -0.15) is 0 Å². The fourth-order valence-corrected chi connectivity index (χ4v) is 2.46. The number of carbonyl (C=O) groups excluding carboxylic acids is 1. The summed E-state index contributed by atoms with van der Waals surface area (Å²) in [5.41, 5.74) is 3.92. The quantitative estimate of drug-likeness (QED) is 0.627. The Morgan fingerprint density at radius 3 is 2.20 bits per heavy atom. The summed E-state index contributed by atoms with van der Waals surface area (Å²) >= 11 is 0. The summed E-state index contributed by atoms with van der Waals surface area (Å²) in [5, 5.41) is 0. The molecule has 4 heteroatoms. The van der Waals surface area contributed by atoms with Crippen LogP contribution in [0.2, 0.25) is 0 Å². The number of nitrogens with zero attached hydrogens (tertiary/aromatic N) is 1. The lowest BCUT2D eigenvalue weighted by Gasteiger charge is -2.31. The summed E-state index contributed by atoms with van der Waals surface area (Å²) in [4.78, 5) is 11.7. The number of methoxy groups -OCH3 is 2. The molecule has 0 spiro atoms. The van der Waals surface area contributed by atoms with Crippen LogP contribution in [0.4, 0.5) is 5.69 Å². The SMILES string of the molecule is COC(=O)c1ccc([N+]2(C)C(C)=CC=C2C)cc1OC. The van der Waals surface area contributed by atoms with E-state index in [4.69, 9.17) is 9.47 Å². The smallest absolute Gasteiger partial charge is 0.341 e. The lowest BCUT2D eigenvalue weighted by atomic mass is 10.1. The molecule has 0 unspecified atom stereocenters. The third kappa shape index (κ3) is 2.02. The summed E-state index contributed by atoms with van der Waals surface area (Å²) in [6, 6.07) is 5.59. The molecule has 0 N–H and O–H groups in total. The number of carbonyl (C=O) groups is 1. The van der Waals surface area contributed by atoms with Gasteiger partial charge in [0.2, 0.25) is 0 Å². The predicted molar refractivity (Wildman–Crippen MR) is 79.6 cm³/mol. The van der Waals surface area contributed by atoms with Crippen molar-refractivity contribution in [2.24, 2.45) is 0 Å². The van der Waals surface area contributed by atoms with Crippen LogP contribution in [-0.4, -0.2) is 27.2 Å². The van der Waals surface area contributed by atoms with E-state index < -0.39 is 5.97 Å². The van der Waals surface area contributed by atoms with E-state index in [1.54, 1.807) is 13.2 Å². The van der Waals surface area contributed by atoms with Gasteiger partial charge in [0, 0.05) is 38.1 Å².